The highest BCUT2D eigenvalue weighted by atomic mass is 35.5. The van der Waals surface area contributed by atoms with Gasteiger partial charge in [-0.1, -0.05) is 36.4 Å². The summed E-state index contributed by atoms with van der Waals surface area (Å²) in [4.78, 5) is 0. The SMILES string of the molecule is CO[P+](C)(c1ccccc1)c1ccccc1.[Cl-]. The van der Waals surface area contributed by atoms with Crippen molar-refractivity contribution in [3.8, 4) is 0 Å². The molecule has 0 amide bonds. The zero-order valence-corrected chi connectivity index (χ0v) is 11.7. The Morgan fingerprint density at radius 3 is 1.41 bits per heavy atom. The summed E-state index contributed by atoms with van der Waals surface area (Å²) in [5, 5.41) is 2.56. The second-order valence-corrected chi connectivity index (χ2v) is 7.02. The lowest BCUT2D eigenvalue weighted by Crippen LogP contribution is -3.00. The molecular weight excluding hydrogens is 251 g/mol. The molecular formula is C14H16ClOP. The molecule has 0 aliphatic heterocycles. The summed E-state index contributed by atoms with van der Waals surface area (Å²) in [7, 11) is 0.144. The molecule has 90 valence electrons. The van der Waals surface area contributed by atoms with Crippen molar-refractivity contribution in [2.45, 2.75) is 0 Å². The molecule has 0 saturated carbocycles. The minimum atomic E-state index is -1.65. The number of halogens is 1. The van der Waals surface area contributed by atoms with Crippen LogP contribution in [0.4, 0.5) is 0 Å². The highest BCUT2D eigenvalue weighted by Crippen LogP contribution is 2.52. The maximum atomic E-state index is 5.82. The third kappa shape index (κ3) is 2.87. The smallest absolute Gasteiger partial charge is 0.206 e. The minimum Gasteiger partial charge on any atom is -1.00 e. The summed E-state index contributed by atoms with van der Waals surface area (Å²) in [6.07, 6.45) is 0. The maximum absolute atomic E-state index is 5.82. The molecule has 0 aliphatic carbocycles. The first-order valence-corrected chi connectivity index (χ1v) is 7.46. The van der Waals surface area contributed by atoms with E-state index in [1.807, 2.05) is 12.1 Å². The molecule has 0 aromatic heterocycles. The van der Waals surface area contributed by atoms with Crippen LogP contribution in [0.2, 0.25) is 0 Å². The van der Waals surface area contributed by atoms with Crippen LogP contribution in [0.3, 0.4) is 0 Å². The van der Waals surface area contributed by atoms with Gasteiger partial charge >= 0.3 is 0 Å². The van der Waals surface area contributed by atoms with Crippen LogP contribution in [0.5, 0.6) is 0 Å². The fraction of sp³-hybridized carbons (Fsp3) is 0.143. The van der Waals surface area contributed by atoms with Crippen LogP contribution in [-0.2, 0) is 4.52 Å². The molecule has 0 atom stereocenters. The zero-order valence-electron chi connectivity index (χ0n) is 10.0. The first-order valence-electron chi connectivity index (χ1n) is 5.31. The van der Waals surface area contributed by atoms with Crippen LogP contribution < -0.4 is 23.0 Å². The largest absolute Gasteiger partial charge is 1.00 e. The van der Waals surface area contributed by atoms with E-state index in [1.165, 1.54) is 10.6 Å². The van der Waals surface area contributed by atoms with Gasteiger partial charge in [0.1, 0.15) is 10.6 Å². The molecule has 0 heterocycles. The van der Waals surface area contributed by atoms with Crippen LogP contribution in [0.15, 0.2) is 60.7 Å². The molecule has 0 bridgehead atoms. The topological polar surface area (TPSA) is 9.23 Å². The Balaban J connectivity index is 0.00000144. The lowest BCUT2D eigenvalue weighted by atomic mass is 10.4. The van der Waals surface area contributed by atoms with Crippen molar-refractivity contribution in [3.05, 3.63) is 60.7 Å². The quantitative estimate of drug-likeness (QED) is 0.703. The van der Waals surface area contributed by atoms with Gasteiger partial charge in [0, 0.05) is 0 Å². The van der Waals surface area contributed by atoms with Gasteiger partial charge in [0.15, 0.2) is 0 Å². The third-order valence-electron chi connectivity index (χ3n) is 2.86. The molecule has 0 saturated heterocycles. The van der Waals surface area contributed by atoms with Crippen LogP contribution >= 0.6 is 7.49 Å². The summed E-state index contributed by atoms with van der Waals surface area (Å²) in [6, 6.07) is 20.9. The molecule has 17 heavy (non-hydrogen) atoms. The predicted molar refractivity (Wildman–Crippen MR) is 72.0 cm³/mol. The first kappa shape index (κ1) is 14.2. The highest BCUT2D eigenvalue weighted by Gasteiger charge is 2.38. The summed E-state index contributed by atoms with van der Waals surface area (Å²) in [5.74, 6) is 0. The fourth-order valence-electron chi connectivity index (χ4n) is 1.78. The summed E-state index contributed by atoms with van der Waals surface area (Å²) in [5.41, 5.74) is 0. The number of hydrogen-bond acceptors (Lipinski definition) is 1. The van der Waals surface area contributed by atoms with Crippen molar-refractivity contribution >= 4 is 18.1 Å². The molecule has 0 aliphatic rings. The van der Waals surface area contributed by atoms with E-state index in [9.17, 15) is 0 Å². The van der Waals surface area contributed by atoms with Crippen LogP contribution in [0, 0.1) is 0 Å². The lowest BCUT2D eigenvalue weighted by Gasteiger charge is -2.19. The van der Waals surface area contributed by atoms with Gasteiger partial charge in [0.25, 0.3) is 0 Å². The van der Waals surface area contributed by atoms with Crippen molar-refractivity contribution in [3.63, 3.8) is 0 Å². The van der Waals surface area contributed by atoms with Gasteiger partial charge in [0.05, 0.1) is 13.8 Å². The standard InChI is InChI=1S/C14H16OP.ClH/c1-15-16(2,13-9-5-3-6-10-13)14-11-7-4-8-12-14;/h3-12H,1-2H3;1H/q+1;/p-1. The average Bonchev–Trinajstić information content (AvgIpc) is 2.40. The minimum absolute atomic E-state index is 0. The second kappa shape index (κ2) is 6.16. The van der Waals surface area contributed by atoms with Crippen molar-refractivity contribution in [1.29, 1.82) is 0 Å². The van der Waals surface area contributed by atoms with E-state index < -0.39 is 7.49 Å². The summed E-state index contributed by atoms with van der Waals surface area (Å²) < 4.78 is 5.82. The molecule has 3 heteroatoms. The number of benzene rings is 2. The van der Waals surface area contributed by atoms with Crippen molar-refractivity contribution in [2.75, 3.05) is 13.8 Å². The highest BCUT2D eigenvalue weighted by molar-refractivity contribution is 7.84. The molecule has 0 unspecified atom stereocenters. The van der Waals surface area contributed by atoms with Crippen molar-refractivity contribution in [1.82, 2.24) is 0 Å². The van der Waals surface area contributed by atoms with E-state index in [1.54, 1.807) is 7.11 Å². The van der Waals surface area contributed by atoms with E-state index in [0.29, 0.717) is 0 Å². The Morgan fingerprint density at radius 2 is 1.12 bits per heavy atom. The predicted octanol–water partition coefficient (Wildman–Crippen LogP) is -0.150. The van der Waals surface area contributed by atoms with E-state index in [-0.39, 0.29) is 12.4 Å². The molecule has 2 rings (SSSR count). The van der Waals surface area contributed by atoms with Gasteiger partial charge in [-0.05, 0) is 24.3 Å². The Bertz CT molecular complexity index is 405. The third-order valence-corrected chi connectivity index (χ3v) is 6.16. The van der Waals surface area contributed by atoms with Gasteiger partial charge < -0.3 is 12.4 Å². The molecule has 1 nitrogen and oxygen atoms in total. The molecule has 0 radical (unpaired) electrons. The lowest BCUT2D eigenvalue weighted by molar-refractivity contribution is -0.00000371. The Kier molecular flexibility index (Phi) is 5.14. The monoisotopic (exact) mass is 266 g/mol. The van der Waals surface area contributed by atoms with E-state index in [2.05, 4.69) is 55.2 Å². The van der Waals surface area contributed by atoms with Gasteiger partial charge in [-0.15, -0.1) is 0 Å². The van der Waals surface area contributed by atoms with E-state index >= 15 is 0 Å². The molecule has 0 N–H and O–H groups in total. The maximum Gasteiger partial charge on any atom is 0.206 e. The summed E-state index contributed by atoms with van der Waals surface area (Å²) >= 11 is 0. The van der Waals surface area contributed by atoms with E-state index in [4.69, 9.17) is 4.52 Å². The van der Waals surface area contributed by atoms with Crippen LogP contribution in [-0.4, -0.2) is 13.8 Å². The molecule has 2 aromatic rings. The van der Waals surface area contributed by atoms with Gasteiger partial charge in [-0.3, -0.25) is 0 Å². The Labute approximate surface area is 110 Å². The average molecular weight is 267 g/mol. The van der Waals surface area contributed by atoms with Gasteiger partial charge in [-0.2, -0.15) is 0 Å². The molecule has 2 aromatic carbocycles. The second-order valence-electron chi connectivity index (χ2n) is 3.78. The normalized spacial score (nSPS) is 10.7. The summed E-state index contributed by atoms with van der Waals surface area (Å²) in [6.45, 7) is 2.21. The van der Waals surface area contributed by atoms with E-state index in [0.717, 1.165) is 0 Å². The number of rotatable bonds is 3. The number of hydrogen-bond donors (Lipinski definition) is 0. The first-order chi connectivity index (χ1) is 7.77. The van der Waals surface area contributed by atoms with Crippen LogP contribution in [0.25, 0.3) is 0 Å². The van der Waals surface area contributed by atoms with Gasteiger partial charge in [-0.25, -0.2) is 4.52 Å². The Hall–Kier alpha value is -0.880. The molecule has 0 fully saturated rings. The van der Waals surface area contributed by atoms with Gasteiger partial charge in [0.2, 0.25) is 7.49 Å². The zero-order chi connectivity index (χ0) is 11.4. The molecule has 0 spiro atoms. The van der Waals surface area contributed by atoms with Crippen molar-refractivity contribution in [2.24, 2.45) is 0 Å². The fourth-order valence-corrected chi connectivity index (χ4v) is 3.99. The Morgan fingerprint density at radius 1 is 0.765 bits per heavy atom. The van der Waals surface area contributed by atoms with Crippen LogP contribution in [0.1, 0.15) is 0 Å². The van der Waals surface area contributed by atoms with Crippen molar-refractivity contribution < 1.29 is 16.9 Å².